The van der Waals surface area contributed by atoms with E-state index >= 15 is 0 Å². The van der Waals surface area contributed by atoms with Crippen LogP contribution in [0.25, 0.3) is 20.8 Å². The first-order valence-electron chi connectivity index (χ1n) is 13.0. The molecule has 0 atom stereocenters. The molecule has 2 heterocycles. The van der Waals surface area contributed by atoms with Crippen molar-refractivity contribution in [3.8, 4) is 16.3 Å². The summed E-state index contributed by atoms with van der Waals surface area (Å²) < 4.78 is 7.52. The molecule has 1 saturated heterocycles. The Labute approximate surface area is 222 Å². The van der Waals surface area contributed by atoms with E-state index in [0.29, 0.717) is 12.6 Å². The molecule has 5 heteroatoms. The number of thiazole rings is 1. The number of para-hydroxylation sites is 2. The first-order valence-corrected chi connectivity index (χ1v) is 13.8. The van der Waals surface area contributed by atoms with Gasteiger partial charge in [0.15, 0.2) is 0 Å². The van der Waals surface area contributed by atoms with Crippen LogP contribution in [0.2, 0.25) is 0 Å². The Morgan fingerprint density at radius 3 is 2.03 bits per heavy atom. The van der Waals surface area contributed by atoms with E-state index < -0.39 is 0 Å². The van der Waals surface area contributed by atoms with Crippen molar-refractivity contribution in [1.82, 2.24) is 14.8 Å². The summed E-state index contributed by atoms with van der Waals surface area (Å²) in [6.45, 7) is 5.75. The van der Waals surface area contributed by atoms with Gasteiger partial charge in [-0.2, -0.15) is 0 Å². The fourth-order valence-corrected chi connectivity index (χ4v) is 6.17. The molecule has 1 aliphatic rings. The minimum atomic E-state index is 0.293. The molecule has 0 saturated carbocycles. The molecule has 4 nitrogen and oxygen atoms in total. The van der Waals surface area contributed by atoms with Crippen LogP contribution in [0.15, 0.2) is 109 Å². The van der Waals surface area contributed by atoms with Gasteiger partial charge in [-0.05, 0) is 35.4 Å². The molecular weight excluding hydrogens is 474 g/mol. The van der Waals surface area contributed by atoms with Crippen LogP contribution >= 0.6 is 11.3 Å². The molecule has 1 aromatic heterocycles. The lowest BCUT2D eigenvalue weighted by molar-refractivity contribution is 0.0978. The van der Waals surface area contributed by atoms with Gasteiger partial charge in [-0.1, -0.05) is 84.9 Å². The highest BCUT2D eigenvalue weighted by atomic mass is 32.1. The maximum Gasteiger partial charge on any atom is 0.129 e. The summed E-state index contributed by atoms with van der Waals surface area (Å²) in [6, 6.07) is 38.6. The van der Waals surface area contributed by atoms with Gasteiger partial charge in [-0.25, -0.2) is 4.98 Å². The number of rotatable bonds is 8. The largest absolute Gasteiger partial charge is 0.492 e. The monoisotopic (exact) mass is 505 g/mol. The second-order valence-electron chi connectivity index (χ2n) is 9.43. The van der Waals surface area contributed by atoms with Crippen LogP contribution in [-0.4, -0.2) is 54.1 Å². The Hall–Kier alpha value is -3.51. The molecule has 0 spiro atoms. The Morgan fingerprint density at radius 2 is 1.32 bits per heavy atom. The van der Waals surface area contributed by atoms with E-state index in [2.05, 4.69) is 107 Å². The highest BCUT2D eigenvalue weighted by molar-refractivity contribution is 7.21. The van der Waals surface area contributed by atoms with Crippen molar-refractivity contribution in [2.45, 2.75) is 6.04 Å². The minimum Gasteiger partial charge on any atom is -0.492 e. The highest BCUT2D eigenvalue weighted by Gasteiger charge is 2.26. The van der Waals surface area contributed by atoms with Crippen LogP contribution in [0.5, 0.6) is 5.75 Å². The smallest absolute Gasteiger partial charge is 0.129 e. The molecule has 0 N–H and O–H groups in total. The number of ether oxygens (including phenoxy) is 1. The summed E-state index contributed by atoms with van der Waals surface area (Å²) in [5, 5.41) is 1.01. The zero-order valence-corrected chi connectivity index (χ0v) is 21.7. The third kappa shape index (κ3) is 5.44. The van der Waals surface area contributed by atoms with E-state index in [4.69, 9.17) is 9.72 Å². The first-order chi connectivity index (χ1) is 18.3. The molecule has 1 fully saturated rings. The summed E-state index contributed by atoms with van der Waals surface area (Å²) in [4.78, 5) is 9.97. The maximum absolute atomic E-state index is 6.31. The van der Waals surface area contributed by atoms with Crippen LogP contribution in [0, 0.1) is 0 Å². The van der Waals surface area contributed by atoms with E-state index in [9.17, 15) is 0 Å². The van der Waals surface area contributed by atoms with E-state index in [-0.39, 0.29) is 0 Å². The third-order valence-electron chi connectivity index (χ3n) is 7.08. The van der Waals surface area contributed by atoms with Crippen LogP contribution in [0.3, 0.4) is 0 Å². The molecule has 37 heavy (non-hydrogen) atoms. The van der Waals surface area contributed by atoms with Crippen molar-refractivity contribution in [2.24, 2.45) is 0 Å². The van der Waals surface area contributed by atoms with Crippen molar-refractivity contribution < 1.29 is 4.74 Å². The van der Waals surface area contributed by atoms with E-state index in [0.717, 1.165) is 54.6 Å². The molecule has 0 aliphatic carbocycles. The topological polar surface area (TPSA) is 28.6 Å². The Kier molecular flexibility index (Phi) is 7.26. The quantitative estimate of drug-likeness (QED) is 0.233. The van der Waals surface area contributed by atoms with Crippen LogP contribution in [0.4, 0.5) is 0 Å². The van der Waals surface area contributed by atoms with Crippen molar-refractivity contribution in [3.05, 3.63) is 120 Å². The van der Waals surface area contributed by atoms with Crippen molar-refractivity contribution in [2.75, 3.05) is 39.3 Å². The van der Waals surface area contributed by atoms with E-state index in [1.165, 1.54) is 15.8 Å². The number of aromatic nitrogens is 1. The minimum absolute atomic E-state index is 0.293. The SMILES string of the molecule is c1ccc(C(c2ccccc2)N2CCN(CCOc3ccccc3-c3nc4ccccc4s3)CC2)cc1. The van der Waals surface area contributed by atoms with Gasteiger partial charge in [0, 0.05) is 32.7 Å². The maximum atomic E-state index is 6.31. The van der Waals surface area contributed by atoms with Gasteiger partial charge in [0.1, 0.15) is 17.4 Å². The summed E-state index contributed by atoms with van der Waals surface area (Å²) in [6.07, 6.45) is 0. The number of hydrogen-bond acceptors (Lipinski definition) is 5. The zero-order chi connectivity index (χ0) is 24.9. The van der Waals surface area contributed by atoms with Crippen molar-refractivity contribution >= 4 is 21.6 Å². The lowest BCUT2D eigenvalue weighted by Gasteiger charge is -2.39. The lowest BCUT2D eigenvalue weighted by atomic mass is 9.96. The molecular formula is C32H31N3OS. The average Bonchev–Trinajstić information content (AvgIpc) is 3.40. The number of benzene rings is 4. The summed E-state index contributed by atoms with van der Waals surface area (Å²) in [5.74, 6) is 0.911. The van der Waals surface area contributed by atoms with Gasteiger partial charge < -0.3 is 4.74 Å². The normalized spacial score (nSPS) is 14.8. The zero-order valence-electron chi connectivity index (χ0n) is 20.9. The van der Waals surface area contributed by atoms with Crippen molar-refractivity contribution in [1.29, 1.82) is 0 Å². The number of fused-ring (bicyclic) bond motifs is 1. The number of hydrogen-bond donors (Lipinski definition) is 0. The number of piperazine rings is 1. The Morgan fingerprint density at radius 1 is 0.703 bits per heavy atom. The predicted octanol–water partition coefficient (Wildman–Crippen LogP) is 6.75. The van der Waals surface area contributed by atoms with Crippen LogP contribution < -0.4 is 4.74 Å². The van der Waals surface area contributed by atoms with E-state index in [1.54, 1.807) is 11.3 Å². The van der Waals surface area contributed by atoms with Crippen molar-refractivity contribution in [3.63, 3.8) is 0 Å². The average molecular weight is 506 g/mol. The van der Waals surface area contributed by atoms with Gasteiger partial charge in [-0.15, -0.1) is 11.3 Å². The van der Waals surface area contributed by atoms with E-state index in [1.807, 2.05) is 12.1 Å². The molecule has 0 bridgehead atoms. The number of nitrogens with zero attached hydrogens (tertiary/aromatic N) is 3. The van der Waals surface area contributed by atoms with Gasteiger partial charge in [-0.3, -0.25) is 9.80 Å². The van der Waals surface area contributed by atoms with Gasteiger partial charge >= 0.3 is 0 Å². The molecule has 6 rings (SSSR count). The molecule has 5 aromatic rings. The summed E-state index contributed by atoms with van der Waals surface area (Å²) in [5.41, 5.74) is 4.83. The Balaban J connectivity index is 1.08. The van der Waals surface area contributed by atoms with Gasteiger partial charge in [0.25, 0.3) is 0 Å². The molecule has 1 aliphatic heterocycles. The standard InChI is InChI=1S/C32H31N3OS/c1-3-11-25(12-4-1)31(26-13-5-2-6-14-26)35-21-19-34(20-22-35)23-24-36-29-17-9-7-15-27(29)32-33-28-16-8-10-18-30(28)37-32/h1-18,31H,19-24H2. The third-order valence-corrected chi connectivity index (χ3v) is 8.15. The fraction of sp³-hybridized carbons (Fsp3) is 0.219. The van der Waals surface area contributed by atoms with Crippen LogP contribution in [0.1, 0.15) is 17.2 Å². The molecule has 4 aromatic carbocycles. The molecule has 0 amide bonds. The lowest BCUT2D eigenvalue weighted by Crippen LogP contribution is -2.48. The molecule has 0 radical (unpaired) electrons. The fourth-order valence-electron chi connectivity index (χ4n) is 5.17. The predicted molar refractivity (Wildman–Crippen MR) is 153 cm³/mol. The summed E-state index contributed by atoms with van der Waals surface area (Å²) in [7, 11) is 0. The molecule has 186 valence electrons. The van der Waals surface area contributed by atoms with Gasteiger partial charge in [0.05, 0.1) is 21.8 Å². The van der Waals surface area contributed by atoms with Gasteiger partial charge in [0.2, 0.25) is 0 Å². The molecule has 0 unspecified atom stereocenters. The Bertz CT molecular complexity index is 1360. The second kappa shape index (κ2) is 11.3. The second-order valence-corrected chi connectivity index (χ2v) is 10.5. The van der Waals surface area contributed by atoms with Crippen LogP contribution in [-0.2, 0) is 0 Å². The first kappa shape index (κ1) is 23.9. The summed E-state index contributed by atoms with van der Waals surface area (Å²) >= 11 is 1.72. The highest BCUT2D eigenvalue weighted by Crippen LogP contribution is 2.35.